The van der Waals surface area contributed by atoms with Gasteiger partial charge in [0, 0.05) is 25.3 Å². The summed E-state index contributed by atoms with van der Waals surface area (Å²) in [6.45, 7) is 4.90. The summed E-state index contributed by atoms with van der Waals surface area (Å²) in [6, 6.07) is 12.0. The molecule has 30 heavy (non-hydrogen) atoms. The Kier molecular flexibility index (Phi) is 10.2. The maximum absolute atomic E-state index is 12.2. The predicted molar refractivity (Wildman–Crippen MR) is 118 cm³/mol. The number of aromatic nitrogens is 1. The highest BCUT2D eigenvalue weighted by atomic mass is 35.5. The van der Waals surface area contributed by atoms with Crippen molar-refractivity contribution in [1.82, 2.24) is 15.8 Å². The van der Waals surface area contributed by atoms with Crippen LogP contribution in [0.2, 0.25) is 5.02 Å². The monoisotopic (exact) mass is 433 g/mol. The summed E-state index contributed by atoms with van der Waals surface area (Å²) >= 11 is 5.88. The van der Waals surface area contributed by atoms with Gasteiger partial charge in [-0.15, -0.1) is 0 Å². The van der Waals surface area contributed by atoms with Crippen LogP contribution in [0.4, 0.5) is 0 Å². The molecule has 0 bridgehead atoms. The molecule has 3 atom stereocenters. The van der Waals surface area contributed by atoms with Crippen molar-refractivity contribution < 1.29 is 14.7 Å². The lowest BCUT2D eigenvalue weighted by atomic mass is 9.91. The molecule has 1 amide bonds. The Hall–Kier alpha value is -1.99. The van der Waals surface area contributed by atoms with Gasteiger partial charge in [0.05, 0.1) is 16.8 Å². The van der Waals surface area contributed by atoms with E-state index in [-0.39, 0.29) is 24.0 Å². The number of halogens is 1. The maximum atomic E-state index is 12.2. The van der Waals surface area contributed by atoms with E-state index in [1.165, 1.54) is 5.56 Å². The second-order valence-corrected chi connectivity index (χ2v) is 8.05. The number of hydrogen-bond acceptors (Lipinski definition) is 5. The average Bonchev–Trinajstić information content (AvgIpc) is 2.76. The number of benzene rings is 1. The van der Waals surface area contributed by atoms with Crippen molar-refractivity contribution in [3.63, 3.8) is 0 Å². The van der Waals surface area contributed by atoms with Gasteiger partial charge in [-0.05, 0) is 57.4 Å². The molecule has 1 aromatic heterocycles. The zero-order valence-electron chi connectivity index (χ0n) is 17.9. The molecule has 164 valence electrons. The quantitative estimate of drug-likeness (QED) is 0.255. The van der Waals surface area contributed by atoms with Crippen molar-refractivity contribution in [2.75, 3.05) is 13.7 Å². The van der Waals surface area contributed by atoms with Gasteiger partial charge in [-0.1, -0.05) is 47.9 Å². The first-order chi connectivity index (χ1) is 14.4. The van der Waals surface area contributed by atoms with Crippen LogP contribution in [0.15, 0.2) is 42.6 Å². The minimum atomic E-state index is -0.365. The number of amides is 1. The first kappa shape index (κ1) is 24.3. The molecule has 2 rings (SSSR count). The van der Waals surface area contributed by atoms with Crippen LogP contribution in [0.1, 0.15) is 61.6 Å². The second-order valence-electron chi connectivity index (χ2n) is 7.62. The molecular weight excluding hydrogens is 402 g/mol. The largest absolute Gasteiger partial charge is 0.377 e. The van der Waals surface area contributed by atoms with Gasteiger partial charge in [-0.2, -0.15) is 0 Å². The number of methoxy groups -OCH3 is 1. The summed E-state index contributed by atoms with van der Waals surface area (Å²) in [5.41, 5.74) is 4.96. The first-order valence-electron chi connectivity index (χ1n) is 10.3. The minimum Gasteiger partial charge on any atom is -0.377 e. The molecule has 0 unspecified atom stereocenters. The Labute approximate surface area is 184 Å². The molecule has 0 saturated carbocycles. The summed E-state index contributed by atoms with van der Waals surface area (Å²) in [5, 5.41) is 13.2. The van der Waals surface area contributed by atoms with Gasteiger partial charge in [0.15, 0.2) is 0 Å². The third kappa shape index (κ3) is 7.69. The Bertz CT molecular complexity index is 768. The van der Waals surface area contributed by atoms with Crippen molar-refractivity contribution in [3.05, 3.63) is 64.4 Å². The maximum Gasteiger partial charge on any atom is 0.246 e. The Morgan fingerprint density at radius 2 is 1.93 bits per heavy atom. The fourth-order valence-electron chi connectivity index (χ4n) is 3.44. The topological polar surface area (TPSA) is 83.5 Å². The summed E-state index contributed by atoms with van der Waals surface area (Å²) in [6.07, 6.45) is 4.42. The zero-order chi connectivity index (χ0) is 21.9. The van der Waals surface area contributed by atoms with Crippen LogP contribution < -0.4 is 10.8 Å². The van der Waals surface area contributed by atoms with Gasteiger partial charge in [-0.25, -0.2) is 5.48 Å². The number of carbonyl (C=O) groups excluding carboxylic acids is 1. The number of nitrogens with zero attached hydrogens (tertiary/aromatic N) is 1. The van der Waals surface area contributed by atoms with Gasteiger partial charge < -0.3 is 10.1 Å². The molecule has 0 radical (unpaired) electrons. The predicted octanol–water partition coefficient (Wildman–Crippen LogP) is 4.76. The lowest BCUT2D eigenvalue weighted by molar-refractivity contribution is -0.135. The standard InChI is InChI=1S/C23H32ClN3O3/c1-16-7-9-18(10-8-16)22(30-3)14-19(23(28)27-29)6-4-5-13-25-17(2)21-12-11-20(24)15-26-21/h7-12,15,17,19,22,25,29H,4-6,13-14H2,1-3H3,(H,27,28)/t17-,19+,22-/m1/s1. The van der Waals surface area contributed by atoms with Crippen LogP contribution in [0.5, 0.6) is 0 Å². The van der Waals surface area contributed by atoms with Crippen molar-refractivity contribution in [2.45, 2.75) is 51.7 Å². The molecule has 7 heteroatoms. The Morgan fingerprint density at radius 3 is 2.53 bits per heavy atom. The third-order valence-corrected chi connectivity index (χ3v) is 5.56. The van der Waals surface area contributed by atoms with E-state index in [2.05, 4.69) is 17.2 Å². The Morgan fingerprint density at radius 1 is 1.20 bits per heavy atom. The average molecular weight is 434 g/mol. The highest BCUT2D eigenvalue weighted by Gasteiger charge is 2.23. The van der Waals surface area contributed by atoms with E-state index < -0.39 is 0 Å². The highest BCUT2D eigenvalue weighted by molar-refractivity contribution is 6.30. The highest BCUT2D eigenvalue weighted by Crippen LogP contribution is 2.28. The molecule has 3 N–H and O–H groups in total. The fraction of sp³-hybridized carbons (Fsp3) is 0.478. The number of hydroxylamine groups is 1. The number of carbonyl (C=O) groups is 1. The van der Waals surface area contributed by atoms with Crippen LogP contribution in [-0.4, -0.2) is 29.8 Å². The third-order valence-electron chi connectivity index (χ3n) is 5.34. The van der Waals surface area contributed by atoms with E-state index in [4.69, 9.17) is 21.5 Å². The van der Waals surface area contributed by atoms with Gasteiger partial charge in [-0.3, -0.25) is 15.0 Å². The van der Waals surface area contributed by atoms with Gasteiger partial charge >= 0.3 is 0 Å². The van der Waals surface area contributed by atoms with Gasteiger partial charge in [0.25, 0.3) is 0 Å². The molecule has 1 heterocycles. The Balaban J connectivity index is 1.82. The van der Waals surface area contributed by atoms with Crippen LogP contribution in [0.25, 0.3) is 0 Å². The van der Waals surface area contributed by atoms with Crippen LogP contribution in [0, 0.1) is 12.8 Å². The van der Waals surface area contributed by atoms with Crippen molar-refractivity contribution >= 4 is 17.5 Å². The van der Waals surface area contributed by atoms with Crippen LogP contribution >= 0.6 is 11.6 Å². The smallest absolute Gasteiger partial charge is 0.246 e. The summed E-state index contributed by atoms with van der Waals surface area (Å²) in [5.74, 6) is -0.688. The number of unbranched alkanes of at least 4 members (excludes halogenated alkanes) is 1. The summed E-state index contributed by atoms with van der Waals surface area (Å²) in [4.78, 5) is 16.5. The number of pyridine rings is 1. The van der Waals surface area contributed by atoms with Gasteiger partial charge in [0.2, 0.25) is 5.91 Å². The first-order valence-corrected chi connectivity index (χ1v) is 10.7. The van der Waals surface area contributed by atoms with Gasteiger partial charge in [0.1, 0.15) is 0 Å². The molecule has 0 fully saturated rings. The number of aryl methyl sites for hydroxylation is 1. The normalized spacial score (nSPS) is 14.2. The molecular formula is C23H32ClN3O3. The molecule has 0 aliphatic carbocycles. The summed E-state index contributed by atoms with van der Waals surface area (Å²) < 4.78 is 5.63. The fourth-order valence-corrected chi connectivity index (χ4v) is 3.55. The number of hydrogen-bond donors (Lipinski definition) is 3. The van der Waals surface area contributed by atoms with E-state index >= 15 is 0 Å². The lowest BCUT2D eigenvalue weighted by Gasteiger charge is -2.22. The number of ether oxygens (including phenoxy) is 1. The molecule has 0 aliphatic heterocycles. The minimum absolute atomic E-state index is 0.123. The molecule has 0 aliphatic rings. The van der Waals surface area contributed by atoms with Crippen LogP contribution in [0.3, 0.4) is 0 Å². The van der Waals surface area contributed by atoms with Crippen molar-refractivity contribution in [2.24, 2.45) is 5.92 Å². The van der Waals surface area contributed by atoms with E-state index in [1.807, 2.05) is 48.8 Å². The second kappa shape index (κ2) is 12.6. The summed E-state index contributed by atoms with van der Waals surface area (Å²) in [7, 11) is 1.65. The molecule has 0 spiro atoms. The SMILES string of the molecule is CO[C@H](C[C@H](CCCCN[C@H](C)c1ccc(Cl)cn1)C(=O)NO)c1ccc(C)cc1. The van der Waals surface area contributed by atoms with Crippen molar-refractivity contribution in [1.29, 1.82) is 0 Å². The van der Waals surface area contributed by atoms with E-state index in [9.17, 15) is 4.79 Å². The van der Waals surface area contributed by atoms with E-state index in [0.717, 1.165) is 30.6 Å². The number of nitrogens with one attached hydrogen (secondary N) is 2. The molecule has 1 aromatic carbocycles. The van der Waals surface area contributed by atoms with Crippen molar-refractivity contribution in [3.8, 4) is 0 Å². The molecule has 6 nitrogen and oxygen atoms in total. The lowest BCUT2D eigenvalue weighted by Crippen LogP contribution is -2.29. The number of rotatable bonds is 12. The van der Waals surface area contributed by atoms with E-state index in [0.29, 0.717) is 17.9 Å². The van der Waals surface area contributed by atoms with E-state index in [1.54, 1.807) is 13.3 Å². The molecule has 0 saturated heterocycles. The zero-order valence-corrected chi connectivity index (χ0v) is 18.7. The van der Waals surface area contributed by atoms with Crippen LogP contribution in [-0.2, 0) is 9.53 Å². The molecule has 2 aromatic rings.